The molecule has 29 heavy (non-hydrogen) atoms. The van der Waals surface area contributed by atoms with Crippen LogP contribution in [0.5, 0.6) is 0 Å². The lowest BCUT2D eigenvalue weighted by Gasteiger charge is -2.58. The molecule has 0 nitrogen and oxygen atoms in total. The van der Waals surface area contributed by atoms with Crippen molar-refractivity contribution in [3.05, 3.63) is 0 Å². The topological polar surface area (TPSA) is 0 Å². The molecule has 0 amide bonds. The zero-order chi connectivity index (χ0) is 20.4. The third-order valence-corrected chi connectivity index (χ3v) is 10.9. The molecule has 0 aromatic rings. The van der Waals surface area contributed by atoms with Gasteiger partial charge in [-0.1, -0.05) is 98.3 Å². The van der Waals surface area contributed by atoms with Gasteiger partial charge < -0.3 is 0 Å². The molecule has 0 radical (unpaired) electrons. The average molecular weight is 401 g/mol. The van der Waals surface area contributed by atoms with Crippen LogP contribution in [0.3, 0.4) is 0 Å². The summed E-state index contributed by atoms with van der Waals surface area (Å²) >= 11 is 0. The molecule has 4 aliphatic carbocycles. The van der Waals surface area contributed by atoms with E-state index < -0.39 is 0 Å². The molecule has 4 saturated carbocycles. The van der Waals surface area contributed by atoms with Crippen molar-refractivity contribution >= 4 is 0 Å². The van der Waals surface area contributed by atoms with Gasteiger partial charge in [0.15, 0.2) is 0 Å². The Bertz CT molecular complexity index is 486. The van der Waals surface area contributed by atoms with Crippen LogP contribution in [0.1, 0.15) is 124 Å². The summed E-state index contributed by atoms with van der Waals surface area (Å²) in [5.41, 5.74) is 0. The predicted molar refractivity (Wildman–Crippen MR) is 127 cm³/mol. The van der Waals surface area contributed by atoms with Gasteiger partial charge in [0.25, 0.3) is 0 Å². The van der Waals surface area contributed by atoms with E-state index in [1.165, 1.54) is 44.9 Å². The Labute approximate surface area is 183 Å². The fraction of sp³-hybridized carbons (Fsp3) is 1.00. The Morgan fingerprint density at radius 3 is 1.83 bits per heavy atom. The average Bonchev–Trinajstić information content (AvgIpc) is 3.03. The normalized spacial score (nSPS) is 47.4. The zero-order valence-corrected chi connectivity index (χ0v) is 20.4. The van der Waals surface area contributed by atoms with Gasteiger partial charge in [-0.25, -0.2) is 0 Å². The zero-order valence-electron chi connectivity index (χ0n) is 20.4. The fourth-order valence-electron chi connectivity index (χ4n) is 9.73. The summed E-state index contributed by atoms with van der Waals surface area (Å²) in [6.45, 7) is 10.3. The number of fused-ring (bicyclic) bond motifs is 1. The smallest absolute Gasteiger partial charge is 0.0321 e. The molecule has 0 aromatic carbocycles. The molecule has 168 valence electrons. The summed E-state index contributed by atoms with van der Waals surface area (Å²) in [4.78, 5) is 0. The summed E-state index contributed by atoms with van der Waals surface area (Å²) in [5.74, 6) is 10.5. The van der Waals surface area contributed by atoms with E-state index >= 15 is 0 Å². The first kappa shape index (κ1) is 22.2. The maximum atomic E-state index is 2.67. The highest BCUT2D eigenvalue weighted by Gasteiger charge is 2.52. The van der Waals surface area contributed by atoms with Crippen molar-refractivity contribution < 1.29 is 0 Å². The minimum absolute atomic E-state index is 0.985. The Morgan fingerprint density at radius 1 is 0.552 bits per heavy atom. The lowest BCUT2D eigenvalue weighted by atomic mass is 9.47. The third-order valence-electron chi connectivity index (χ3n) is 10.9. The molecule has 4 rings (SSSR count). The fourth-order valence-corrected chi connectivity index (χ4v) is 9.73. The van der Waals surface area contributed by atoms with Crippen LogP contribution < -0.4 is 0 Å². The predicted octanol–water partition coefficient (Wildman–Crippen LogP) is 9.13. The Morgan fingerprint density at radius 2 is 1.17 bits per heavy atom. The van der Waals surface area contributed by atoms with E-state index in [1.807, 2.05) is 0 Å². The summed E-state index contributed by atoms with van der Waals surface area (Å²) in [6, 6.07) is 0. The number of rotatable bonds is 4. The van der Waals surface area contributed by atoms with Gasteiger partial charge in [0.1, 0.15) is 0 Å². The van der Waals surface area contributed by atoms with Crippen molar-refractivity contribution in [3.63, 3.8) is 0 Å². The SMILES string of the molecule is CCC1C(C)C2CCC(C)C[C@H]2C(C2CCCCC2C2CCCCCC2)C1CC. The minimum Gasteiger partial charge on any atom is -0.0651 e. The van der Waals surface area contributed by atoms with Gasteiger partial charge in [-0.3, -0.25) is 0 Å². The van der Waals surface area contributed by atoms with E-state index in [2.05, 4.69) is 27.7 Å². The van der Waals surface area contributed by atoms with Gasteiger partial charge in [0.2, 0.25) is 0 Å². The van der Waals surface area contributed by atoms with Gasteiger partial charge in [0, 0.05) is 0 Å². The molecular weight excluding hydrogens is 348 g/mol. The molecule has 0 saturated heterocycles. The van der Waals surface area contributed by atoms with Crippen LogP contribution >= 0.6 is 0 Å². The van der Waals surface area contributed by atoms with Crippen molar-refractivity contribution in [2.45, 2.75) is 124 Å². The summed E-state index contributed by atoms with van der Waals surface area (Å²) < 4.78 is 0. The quantitative estimate of drug-likeness (QED) is 0.413. The second-order valence-electron chi connectivity index (χ2n) is 12.2. The van der Waals surface area contributed by atoms with Crippen molar-refractivity contribution in [1.29, 1.82) is 0 Å². The van der Waals surface area contributed by atoms with Gasteiger partial charge in [-0.05, 0) is 84.9 Å². The lowest BCUT2D eigenvalue weighted by molar-refractivity contribution is -0.0966. The second-order valence-corrected chi connectivity index (χ2v) is 12.2. The van der Waals surface area contributed by atoms with Gasteiger partial charge in [-0.15, -0.1) is 0 Å². The van der Waals surface area contributed by atoms with Crippen molar-refractivity contribution in [1.82, 2.24) is 0 Å². The molecular formula is C29H52. The highest BCUT2D eigenvalue weighted by atomic mass is 14.6. The van der Waals surface area contributed by atoms with Crippen molar-refractivity contribution in [2.75, 3.05) is 0 Å². The molecule has 0 aliphatic heterocycles. The highest BCUT2D eigenvalue weighted by Crippen LogP contribution is 2.60. The third kappa shape index (κ3) is 4.48. The van der Waals surface area contributed by atoms with E-state index in [0.717, 1.165) is 59.2 Å². The van der Waals surface area contributed by atoms with Gasteiger partial charge >= 0.3 is 0 Å². The Hall–Kier alpha value is 0. The first-order chi connectivity index (χ1) is 14.2. The van der Waals surface area contributed by atoms with Crippen LogP contribution in [-0.4, -0.2) is 0 Å². The first-order valence-electron chi connectivity index (χ1n) is 14.2. The van der Waals surface area contributed by atoms with E-state index in [-0.39, 0.29) is 0 Å². The van der Waals surface area contributed by atoms with Crippen LogP contribution in [-0.2, 0) is 0 Å². The molecule has 4 aliphatic rings. The van der Waals surface area contributed by atoms with E-state index in [1.54, 1.807) is 51.4 Å². The molecule has 0 N–H and O–H groups in total. The molecule has 0 bridgehead atoms. The standard InChI is InChI=1S/C29H52/c1-5-23-21(4)25-18-17-20(3)19-28(25)29(24(23)6-2)27-16-12-11-15-26(27)22-13-9-7-8-10-14-22/h20-29H,5-19H2,1-4H3/t20?,21?,23?,24?,25?,26?,27?,28-,29?/m1/s1. The maximum Gasteiger partial charge on any atom is -0.0321 e. The van der Waals surface area contributed by atoms with E-state index in [9.17, 15) is 0 Å². The molecule has 0 aromatic heterocycles. The Balaban J connectivity index is 1.65. The van der Waals surface area contributed by atoms with Crippen LogP contribution in [0.4, 0.5) is 0 Å². The summed E-state index contributed by atoms with van der Waals surface area (Å²) in [7, 11) is 0. The maximum absolute atomic E-state index is 2.67. The minimum atomic E-state index is 0.985. The lowest BCUT2D eigenvalue weighted by Crippen LogP contribution is -2.52. The van der Waals surface area contributed by atoms with Crippen molar-refractivity contribution in [2.24, 2.45) is 59.2 Å². The summed E-state index contributed by atoms with van der Waals surface area (Å²) in [5, 5.41) is 0. The van der Waals surface area contributed by atoms with Crippen LogP contribution in [0, 0.1) is 59.2 Å². The van der Waals surface area contributed by atoms with Gasteiger partial charge in [-0.2, -0.15) is 0 Å². The van der Waals surface area contributed by atoms with E-state index in [4.69, 9.17) is 0 Å². The number of hydrogen-bond acceptors (Lipinski definition) is 0. The molecule has 4 fully saturated rings. The Kier molecular flexibility index (Phi) is 7.72. The van der Waals surface area contributed by atoms with E-state index in [0.29, 0.717) is 0 Å². The largest absolute Gasteiger partial charge is 0.0651 e. The van der Waals surface area contributed by atoms with Crippen LogP contribution in [0.15, 0.2) is 0 Å². The molecule has 0 spiro atoms. The van der Waals surface area contributed by atoms with Crippen LogP contribution in [0.25, 0.3) is 0 Å². The van der Waals surface area contributed by atoms with Crippen LogP contribution in [0.2, 0.25) is 0 Å². The van der Waals surface area contributed by atoms with Gasteiger partial charge in [0.05, 0.1) is 0 Å². The number of hydrogen-bond donors (Lipinski definition) is 0. The molecule has 0 heteroatoms. The monoisotopic (exact) mass is 400 g/mol. The first-order valence-corrected chi connectivity index (χ1v) is 14.2. The molecule has 9 atom stereocenters. The van der Waals surface area contributed by atoms with Crippen molar-refractivity contribution in [3.8, 4) is 0 Å². The molecule has 0 heterocycles. The highest BCUT2D eigenvalue weighted by molar-refractivity contribution is 5.01. The second kappa shape index (κ2) is 10.1. The molecule has 8 unspecified atom stereocenters. The summed E-state index contributed by atoms with van der Waals surface area (Å²) in [6.07, 6.45) is 23.0.